The van der Waals surface area contributed by atoms with Crippen molar-refractivity contribution >= 4 is 28.0 Å². The fraction of sp³-hybridized carbons (Fsp3) is 0.391. The lowest BCUT2D eigenvalue weighted by molar-refractivity contribution is 0.0953. The van der Waals surface area contributed by atoms with Crippen molar-refractivity contribution in [1.82, 2.24) is 29.6 Å². The quantitative estimate of drug-likeness (QED) is 0.522. The van der Waals surface area contributed by atoms with E-state index in [1.807, 2.05) is 35.9 Å². The highest BCUT2D eigenvalue weighted by molar-refractivity contribution is 6.05. The van der Waals surface area contributed by atoms with Crippen LogP contribution in [0, 0.1) is 6.92 Å². The van der Waals surface area contributed by atoms with Gasteiger partial charge in [0.2, 0.25) is 0 Å². The highest BCUT2D eigenvalue weighted by Crippen LogP contribution is 2.24. The average Bonchev–Trinajstić information content (AvgIpc) is 3.28. The molecule has 1 amide bonds. The Morgan fingerprint density at radius 3 is 2.63 bits per heavy atom. The zero-order valence-electron chi connectivity index (χ0n) is 18.2. The summed E-state index contributed by atoms with van der Waals surface area (Å²) in [6, 6.07) is 10.1. The molecule has 0 spiro atoms. The lowest BCUT2D eigenvalue weighted by atomic mass is 10.0. The van der Waals surface area contributed by atoms with Crippen molar-refractivity contribution in [2.75, 3.05) is 6.54 Å². The highest BCUT2D eigenvalue weighted by atomic mass is 16.1. The molecule has 3 aromatic heterocycles. The van der Waals surface area contributed by atoms with Crippen LogP contribution in [-0.4, -0.2) is 36.8 Å². The first-order chi connectivity index (χ1) is 14.4. The molecule has 4 rings (SSSR count). The number of pyridine rings is 1. The predicted octanol–water partition coefficient (Wildman–Crippen LogP) is 4.22. The van der Waals surface area contributed by atoms with E-state index in [4.69, 9.17) is 4.98 Å². The van der Waals surface area contributed by atoms with E-state index < -0.39 is 0 Å². The third-order valence-electron chi connectivity index (χ3n) is 5.38. The Morgan fingerprint density at radius 2 is 1.90 bits per heavy atom. The van der Waals surface area contributed by atoms with Crippen molar-refractivity contribution in [2.45, 2.75) is 53.1 Å². The van der Waals surface area contributed by atoms with Gasteiger partial charge in [-0.2, -0.15) is 5.10 Å². The van der Waals surface area contributed by atoms with Crippen LogP contribution in [-0.2, 0) is 6.54 Å². The molecule has 0 aliphatic rings. The van der Waals surface area contributed by atoms with E-state index >= 15 is 0 Å². The summed E-state index contributed by atoms with van der Waals surface area (Å²) in [6.45, 7) is 11.5. The van der Waals surface area contributed by atoms with Gasteiger partial charge in [-0.1, -0.05) is 26.0 Å². The number of carbonyl (C=O) groups is 1. The molecule has 0 bridgehead atoms. The number of nitrogens with zero attached hydrogens (tertiary/aromatic N) is 5. The van der Waals surface area contributed by atoms with Crippen molar-refractivity contribution in [1.29, 1.82) is 0 Å². The average molecular weight is 405 g/mol. The summed E-state index contributed by atoms with van der Waals surface area (Å²) in [4.78, 5) is 22.5. The summed E-state index contributed by atoms with van der Waals surface area (Å²) >= 11 is 0. The van der Waals surface area contributed by atoms with Crippen LogP contribution in [0.15, 0.2) is 36.5 Å². The van der Waals surface area contributed by atoms with E-state index in [1.165, 1.54) is 0 Å². The molecule has 0 atom stereocenters. The van der Waals surface area contributed by atoms with Crippen LogP contribution in [0.5, 0.6) is 0 Å². The normalized spacial score (nSPS) is 11.8. The molecule has 3 heterocycles. The van der Waals surface area contributed by atoms with Crippen LogP contribution in [0.1, 0.15) is 61.5 Å². The van der Waals surface area contributed by atoms with E-state index in [1.54, 1.807) is 6.20 Å². The van der Waals surface area contributed by atoms with Crippen LogP contribution in [0.3, 0.4) is 0 Å². The van der Waals surface area contributed by atoms with Gasteiger partial charge in [-0.15, -0.1) is 0 Å². The van der Waals surface area contributed by atoms with Gasteiger partial charge in [0.25, 0.3) is 5.91 Å². The van der Waals surface area contributed by atoms with Gasteiger partial charge in [0.1, 0.15) is 5.82 Å². The second-order valence-electron chi connectivity index (χ2n) is 8.22. The summed E-state index contributed by atoms with van der Waals surface area (Å²) in [5.41, 5.74) is 4.34. The number of fused-ring (bicyclic) bond motifs is 2. The van der Waals surface area contributed by atoms with Gasteiger partial charge in [-0.3, -0.25) is 4.79 Å². The fourth-order valence-electron chi connectivity index (χ4n) is 3.75. The third kappa shape index (κ3) is 3.56. The summed E-state index contributed by atoms with van der Waals surface area (Å²) in [5.74, 6) is 1.06. The zero-order chi connectivity index (χ0) is 21.4. The van der Waals surface area contributed by atoms with Crippen LogP contribution < -0.4 is 5.32 Å². The SMILES string of the molecule is Cc1nc2ccccc2n1CCNC(=O)c1cc(C(C)C)nc2c1cnn2C(C)C. The number of rotatable bonds is 6. The van der Waals surface area contributed by atoms with Gasteiger partial charge in [0, 0.05) is 24.8 Å². The first kappa shape index (κ1) is 20.1. The number of hydrogen-bond acceptors (Lipinski definition) is 4. The molecule has 156 valence electrons. The standard InChI is InChI=1S/C23H28N6O/c1-14(2)20-12-17(18-13-25-29(15(3)4)22(18)27-20)23(30)24-10-11-28-16(5)26-19-8-6-7-9-21(19)28/h6-9,12-15H,10-11H2,1-5H3,(H,24,30). The van der Waals surface area contributed by atoms with Crippen LogP contribution in [0.2, 0.25) is 0 Å². The number of imidazole rings is 1. The van der Waals surface area contributed by atoms with Gasteiger partial charge in [-0.25, -0.2) is 14.6 Å². The van der Waals surface area contributed by atoms with Crippen LogP contribution in [0.4, 0.5) is 0 Å². The molecule has 4 aromatic rings. The molecule has 0 saturated heterocycles. The monoisotopic (exact) mass is 404 g/mol. The lowest BCUT2D eigenvalue weighted by Crippen LogP contribution is -2.28. The summed E-state index contributed by atoms with van der Waals surface area (Å²) in [5, 5.41) is 8.33. The molecule has 0 radical (unpaired) electrons. The van der Waals surface area contributed by atoms with E-state index in [2.05, 4.69) is 53.7 Å². The molecule has 1 N–H and O–H groups in total. The maximum absolute atomic E-state index is 13.1. The minimum atomic E-state index is -0.102. The third-order valence-corrected chi connectivity index (χ3v) is 5.38. The number of para-hydroxylation sites is 2. The van der Waals surface area contributed by atoms with Crippen LogP contribution >= 0.6 is 0 Å². The van der Waals surface area contributed by atoms with Crippen molar-refractivity contribution < 1.29 is 4.79 Å². The minimum Gasteiger partial charge on any atom is -0.350 e. The second-order valence-corrected chi connectivity index (χ2v) is 8.22. The van der Waals surface area contributed by atoms with Gasteiger partial charge in [0.15, 0.2) is 5.65 Å². The molecule has 1 aromatic carbocycles. The van der Waals surface area contributed by atoms with E-state index in [9.17, 15) is 4.79 Å². The Kier molecular flexibility index (Phi) is 5.28. The summed E-state index contributed by atoms with van der Waals surface area (Å²) < 4.78 is 4.01. The summed E-state index contributed by atoms with van der Waals surface area (Å²) in [6.07, 6.45) is 1.74. The molecular formula is C23H28N6O. The van der Waals surface area contributed by atoms with Crippen molar-refractivity contribution in [3.05, 3.63) is 53.6 Å². The number of aromatic nitrogens is 5. The van der Waals surface area contributed by atoms with E-state index in [-0.39, 0.29) is 17.9 Å². The molecule has 0 saturated carbocycles. The molecule has 30 heavy (non-hydrogen) atoms. The maximum Gasteiger partial charge on any atom is 0.252 e. The van der Waals surface area contributed by atoms with Gasteiger partial charge >= 0.3 is 0 Å². The largest absolute Gasteiger partial charge is 0.350 e. The van der Waals surface area contributed by atoms with E-state index in [0.717, 1.165) is 33.6 Å². The lowest BCUT2D eigenvalue weighted by Gasteiger charge is -2.13. The Morgan fingerprint density at radius 1 is 1.13 bits per heavy atom. The minimum absolute atomic E-state index is 0.102. The Bertz CT molecular complexity index is 1220. The van der Waals surface area contributed by atoms with Crippen molar-refractivity contribution in [3.8, 4) is 0 Å². The van der Waals surface area contributed by atoms with Crippen molar-refractivity contribution in [2.24, 2.45) is 0 Å². The summed E-state index contributed by atoms with van der Waals surface area (Å²) in [7, 11) is 0. The van der Waals surface area contributed by atoms with Gasteiger partial charge in [-0.05, 0) is 44.9 Å². The number of hydrogen-bond donors (Lipinski definition) is 1. The topological polar surface area (TPSA) is 77.6 Å². The van der Waals surface area contributed by atoms with Crippen LogP contribution in [0.25, 0.3) is 22.1 Å². The number of benzene rings is 1. The molecule has 0 unspecified atom stereocenters. The van der Waals surface area contributed by atoms with E-state index in [0.29, 0.717) is 18.7 Å². The van der Waals surface area contributed by atoms with Gasteiger partial charge < -0.3 is 9.88 Å². The first-order valence-electron chi connectivity index (χ1n) is 10.4. The Hall–Kier alpha value is -3.22. The number of carbonyl (C=O) groups excluding carboxylic acids is 1. The van der Waals surface area contributed by atoms with Crippen molar-refractivity contribution in [3.63, 3.8) is 0 Å². The second kappa shape index (κ2) is 7.89. The number of nitrogens with one attached hydrogen (secondary N) is 1. The first-order valence-corrected chi connectivity index (χ1v) is 10.4. The number of amides is 1. The number of aryl methyl sites for hydroxylation is 1. The molecule has 7 heteroatoms. The zero-order valence-corrected chi connectivity index (χ0v) is 18.2. The predicted molar refractivity (Wildman–Crippen MR) is 119 cm³/mol. The van der Waals surface area contributed by atoms with Gasteiger partial charge in [0.05, 0.1) is 28.2 Å². The molecule has 7 nitrogen and oxygen atoms in total. The molecule has 0 aliphatic carbocycles. The molecule has 0 aliphatic heterocycles. The highest BCUT2D eigenvalue weighted by Gasteiger charge is 2.19. The maximum atomic E-state index is 13.1. The Labute approximate surface area is 176 Å². The Balaban J connectivity index is 1.59. The smallest absolute Gasteiger partial charge is 0.252 e. The molecule has 0 fully saturated rings. The fourth-order valence-corrected chi connectivity index (χ4v) is 3.75. The molecular weight excluding hydrogens is 376 g/mol.